The van der Waals surface area contributed by atoms with Crippen molar-refractivity contribution in [2.24, 2.45) is 0 Å². The molecule has 1 unspecified atom stereocenters. The van der Waals surface area contributed by atoms with Gasteiger partial charge in [-0.15, -0.1) is 0 Å². The van der Waals surface area contributed by atoms with E-state index >= 15 is 0 Å². The van der Waals surface area contributed by atoms with Crippen LogP contribution in [-0.4, -0.2) is 29.0 Å². The number of fused-ring (bicyclic) bond motifs is 1. The van der Waals surface area contributed by atoms with E-state index < -0.39 is 12.1 Å². The molecule has 1 saturated carbocycles. The fourth-order valence-corrected chi connectivity index (χ4v) is 3.91. The molecule has 154 valence electrons. The van der Waals surface area contributed by atoms with Gasteiger partial charge in [0.2, 0.25) is 0 Å². The monoisotopic (exact) mass is 422 g/mol. The Morgan fingerprint density at radius 3 is 2.53 bits per heavy atom. The number of aromatic nitrogens is 1. The third-order valence-corrected chi connectivity index (χ3v) is 5.68. The number of esters is 1. The Balaban J connectivity index is 1.60. The van der Waals surface area contributed by atoms with E-state index in [9.17, 15) is 9.59 Å². The number of pyridine rings is 1. The molecular formula is C24H23ClN2O3. The zero-order valence-corrected chi connectivity index (χ0v) is 17.5. The molecular weight excluding hydrogens is 400 g/mol. The van der Waals surface area contributed by atoms with Crippen LogP contribution in [0.3, 0.4) is 0 Å². The number of halogens is 1. The fraction of sp³-hybridized carbons (Fsp3) is 0.292. The zero-order chi connectivity index (χ0) is 21.1. The van der Waals surface area contributed by atoms with Gasteiger partial charge in [0, 0.05) is 22.0 Å². The quantitative estimate of drug-likeness (QED) is 0.576. The number of nitrogens with zero attached hydrogens (tertiary/aromatic N) is 1. The molecule has 6 heteroatoms. The highest BCUT2D eigenvalue weighted by molar-refractivity contribution is 6.30. The van der Waals surface area contributed by atoms with Crippen LogP contribution in [0.25, 0.3) is 22.2 Å². The van der Waals surface area contributed by atoms with E-state index in [4.69, 9.17) is 16.3 Å². The highest BCUT2D eigenvalue weighted by Gasteiger charge is 2.24. The van der Waals surface area contributed by atoms with Crippen LogP contribution in [-0.2, 0) is 9.53 Å². The van der Waals surface area contributed by atoms with Gasteiger partial charge in [-0.3, -0.25) is 4.79 Å². The molecule has 2 aromatic carbocycles. The number of nitrogens with one attached hydrogen (secondary N) is 1. The lowest BCUT2D eigenvalue weighted by Gasteiger charge is -2.18. The average molecular weight is 423 g/mol. The topological polar surface area (TPSA) is 68.3 Å². The minimum atomic E-state index is -0.871. The van der Waals surface area contributed by atoms with Crippen molar-refractivity contribution in [2.45, 2.75) is 44.8 Å². The standard InChI is InChI=1S/C24H23ClN2O3/c1-15(23(28)26-18-6-2-3-7-18)30-24(29)20-14-22(16-10-12-17(25)13-11-16)27-21-9-5-4-8-19(20)21/h4-5,8-15,18H,2-3,6-7H2,1H3,(H,26,28). The predicted octanol–water partition coefficient (Wildman–Crippen LogP) is 5.16. The lowest BCUT2D eigenvalue weighted by atomic mass is 10.0. The molecule has 0 aliphatic heterocycles. The maximum Gasteiger partial charge on any atom is 0.339 e. The molecule has 3 aromatic rings. The van der Waals surface area contributed by atoms with Crippen LogP contribution in [0.15, 0.2) is 54.6 Å². The number of benzene rings is 2. The van der Waals surface area contributed by atoms with Crippen molar-refractivity contribution < 1.29 is 14.3 Å². The van der Waals surface area contributed by atoms with Gasteiger partial charge in [-0.1, -0.05) is 54.8 Å². The van der Waals surface area contributed by atoms with Gasteiger partial charge < -0.3 is 10.1 Å². The molecule has 0 radical (unpaired) electrons. The SMILES string of the molecule is CC(OC(=O)c1cc(-c2ccc(Cl)cc2)nc2ccccc12)C(=O)NC1CCCC1. The van der Waals surface area contributed by atoms with E-state index in [1.807, 2.05) is 36.4 Å². The van der Waals surface area contributed by atoms with E-state index in [0.717, 1.165) is 31.2 Å². The first-order chi connectivity index (χ1) is 14.5. The molecule has 5 nitrogen and oxygen atoms in total. The zero-order valence-electron chi connectivity index (χ0n) is 16.7. The molecule has 1 fully saturated rings. The molecule has 1 atom stereocenters. The number of ether oxygens (including phenoxy) is 1. The molecule has 0 saturated heterocycles. The number of amides is 1. The van der Waals surface area contributed by atoms with Gasteiger partial charge in [-0.05, 0) is 44.0 Å². The second-order valence-electron chi connectivity index (χ2n) is 7.62. The minimum Gasteiger partial charge on any atom is -0.449 e. The third kappa shape index (κ3) is 4.46. The summed E-state index contributed by atoms with van der Waals surface area (Å²) in [5.41, 5.74) is 2.54. The molecule has 1 N–H and O–H groups in total. The van der Waals surface area contributed by atoms with Crippen LogP contribution in [0, 0.1) is 0 Å². The smallest absolute Gasteiger partial charge is 0.339 e. The maximum absolute atomic E-state index is 13.0. The first-order valence-corrected chi connectivity index (χ1v) is 10.6. The van der Waals surface area contributed by atoms with Crippen LogP contribution in [0.2, 0.25) is 5.02 Å². The second-order valence-corrected chi connectivity index (χ2v) is 8.05. The molecule has 1 aliphatic rings. The minimum absolute atomic E-state index is 0.178. The van der Waals surface area contributed by atoms with Crippen molar-refractivity contribution in [3.05, 3.63) is 65.2 Å². The molecule has 0 spiro atoms. The molecule has 0 bridgehead atoms. The molecule has 1 aliphatic carbocycles. The van der Waals surface area contributed by atoms with Gasteiger partial charge in [0.25, 0.3) is 5.91 Å². The second kappa shape index (κ2) is 8.84. The van der Waals surface area contributed by atoms with Crippen molar-refractivity contribution in [3.8, 4) is 11.3 Å². The molecule has 1 amide bonds. The summed E-state index contributed by atoms with van der Waals surface area (Å²) in [5, 5.41) is 4.28. The molecule has 1 heterocycles. The van der Waals surface area contributed by atoms with E-state index in [1.54, 1.807) is 25.1 Å². The van der Waals surface area contributed by atoms with Gasteiger partial charge in [-0.25, -0.2) is 9.78 Å². The van der Waals surface area contributed by atoms with Crippen LogP contribution in [0.5, 0.6) is 0 Å². The predicted molar refractivity (Wildman–Crippen MR) is 117 cm³/mol. The Kier molecular flexibility index (Phi) is 6.00. The number of hydrogen-bond donors (Lipinski definition) is 1. The number of carbonyl (C=O) groups excluding carboxylic acids is 2. The van der Waals surface area contributed by atoms with Gasteiger partial charge in [0.1, 0.15) is 0 Å². The summed E-state index contributed by atoms with van der Waals surface area (Å²) in [5.74, 6) is -0.801. The van der Waals surface area contributed by atoms with Gasteiger partial charge >= 0.3 is 5.97 Å². The molecule has 1 aromatic heterocycles. The van der Waals surface area contributed by atoms with Gasteiger partial charge in [0.05, 0.1) is 16.8 Å². The van der Waals surface area contributed by atoms with Crippen molar-refractivity contribution in [1.29, 1.82) is 0 Å². The van der Waals surface area contributed by atoms with E-state index in [0.29, 0.717) is 27.2 Å². The summed E-state index contributed by atoms with van der Waals surface area (Å²) in [4.78, 5) is 30.1. The summed E-state index contributed by atoms with van der Waals surface area (Å²) in [6, 6.07) is 16.5. The lowest BCUT2D eigenvalue weighted by molar-refractivity contribution is -0.129. The summed E-state index contributed by atoms with van der Waals surface area (Å²) in [6.45, 7) is 1.60. The highest BCUT2D eigenvalue weighted by Crippen LogP contribution is 2.27. The number of para-hydroxylation sites is 1. The summed E-state index contributed by atoms with van der Waals surface area (Å²) < 4.78 is 5.53. The van der Waals surface area contributed by atoms with E-state index in [2.05, 4.69) is 10.3 Å². The Labute approximate surface area is 180 Å². The van der Waals surface area contributed by atoms with Crippen LogP contribution >= 0.6 is 11.6 Å². The van der Waals surface area contributed by atoms with Crippen LogP contribution in [0.4, 0.5) is 0 Å². The Bertz CT molecular complexity index is 1080. The van der Waals surface area contributed by atoms with Crippen molar-refractivity contribution >= 4 is 34.4 Å². The number of hydrogen-bond acceptors (Lipinski definition) is 4. The maximum atomic E-state index is 13.0. The normalized spacial score (nSPS) is 15.1. The van der Waals surface area contributed by atoms with Crippen LogP contribution in [0.1, 0.15) is 43.0 Å². The van der Waals surface area contributed by atoms with Crippen molar-refractivity contribution in [2.75, 3.05) is 0 Å². The fourth-order valence-electron chi connectivity index (χ4n) is 3.78. The van der Waals surface area contributed by atoms with Crippen molar-refractivity contribution in [3.63, 3.8) is 0 Å². The van der Waals surface area contributed by atoms with Crippen LogP contribution < -0.4 is 5.32 Å². The highest BCUT2D eigenvalue weighted by atomic mass is 35.5. The molecule has 30 heavy (non-hydrogen) atoms. The third-order valence-electron chi connectivity index (χ3n) is 5.43. The summed E-state index contributed by atoms with van der Waals surface area (Å²) in [7, 11) is 0. The van der Waals surface area contributed by atoms with Gasteiger partial charge in [-0.2, -0.15) is 0 Å². The first-order valence-electron chi connectivity index (χ1n) is 10.2. The first kappa shape index (κ1) is 20.4. The largest absolute Gasteiger partial charge is 0.449 e. The average Bonchev–Trinajstić information content (AvgIpc) is 3.26. The summed E-state index contributed by atoms with van der Waals surface area (Å²) >= 11 is 5.99. The van der Waals surface area contributed by atoms with E-state index in [-0.39, 0.29) is 11.9 Å². The van der Waals surface area contributed by atoms with E-state index in [1.165, 1.54) is 0 Å². The Hall–Kier alpha value is -2.92. The lowest BCUT2D eigenvalue weighted by Crippen LogP contribution is -2.40. The Morgan fingerprint density at radius 1 is 1.10 bits per heavy atom. The summed E-state index contributed by atoms with van der Waals surface area (Å²) in [6.07, 6.45) is 3.33. The molecule has 4 rings (SSSR count). The van der Waals surface area contributed by atoms with Crippen molar-refractivity contribution in [1.82, 2.24) is 10.3 Å². The number of carbonyl (C=O) groups is 2. The van der Waals surface area contributed by atoms with Gasteiger partial charge in [0.15, 0.2) is 6.10 Å². The Morgan fingerprint density at radius 2 is 1.80 bits per heavy atom. The number of rotatable bonds is 5.